The number of nitrogens with zero attached hydrogens (tertiary/aromatic N) is 2. The zero-order chi connectivity index (χ0) is 13.3. The summed E-state index contributed by atoms with van der Waals surface area (Å²) in [5.74, 6) is 0. The van der Waals surface area contributed by atoms with Crippen molar-refractivity contribution in [1.29, 1.82) is 0 Å². The first-order chi connectivity index (χ1) is 8.38. The fourth-order valence-electron chi connectivity index (χ4n) is 2.43. The van der Waals surface area contributed by atoms with Crippen molar-refractivity contribution in [3.63, 3.8) is 0 Å². The SMILES string of the molecule is CN1CCN(Cc2ccc(Br)c(N)c2)CC1(C)C. The molecule has 0 spiro atoms. The van der Waals surface area contributed by atoms with E-state index in [9.17, 15) is 0 Å². The van der Waals surface area contributed by atoms with Gasteiger partial charge in [-0.15, -0.1) is 0 Å². The molecule has 1 saturated heterocycles. The molecule has 0 aliphatic carbocycles. The Labute approximate surface area is 118 Å². The number of piperazine rings is 1. The molecule has 1 aliphatic rings. The van der Waals surface area contributed by atoms with Gasteiger partial charge >= 0.3 is 0 Å². The highest BCUT2D eigenvalue weighted by molar-refractivity contribution is 9.10. The normalized spacial score (nSPS) is 21.1. The third-order valence-electron chi connectivity index (χ3n) is 3.86. The van der Waals surface area contributed by atoms with Gasteiger partial charge in [-0.05, 0) is 54.5 Å². The van der Waals surface area contributed by atoms with E-state index >= 15 is 0 Å². The summed E-state index contributed by atoms with van der Waals surface area (Å²) < 4.78 is 0.977. The fraction of sp³-hybridized carbons (Fsp3) is 0.571. The molecule has 1 aromatic carbocycles. The van der Waals surface area contributed by atoms with Crippen LogP contribution < -0.4 is 5.73 Å². The van der Waals surface area contributed by atoms with E-state index in [1.54, 1.807) is 0 Å². The van der Waals surface area contributed by atoms with Crippen LogP contribution in [0.4, 0.5) is 5.69 Å². The maximum absolute atomic E-state index is 5.93. The summed E-state index contributed by atoms with van der Waals surface area (Å²) in [5, 5.41) is 0. The van der Waals surface area contributed by atoms with E-state index in [1.165, 1.54) is 5.56 Å². The van der Waals surface area contributed by atoms with Crippen LogP contribution in [0.15, 0.2) is 22.7 Å². The Kier molecular flexibility index (Phi) is 3.99. The van der Waals surface area contributed by atoms with Crippen LogP contribution in [0, 0.1) is 0 Å². The van der Waals surface area contributed by atoms with Crippen molar-refractivity contribution in [2.45, 2.75) is 25.9 Å². The largest absolute Gasteiger partial charge is 0.398 e. The summed E-state index contributed by atoms with van der Waals surface area (Å²) in [5.41, 5.74) is 8.28. The second kappa shape index (κ2) is 5.19. The van der Waals surface area contributed by atoms with Gasteiger partial charge in [-0.3, -0.25) is 9.80 Å². The highest BCUT2D eigenvalue weighted by Gasteiger charge is 2.30. The number of anilines is 1. The Bertz CT molecular complexity index is 431. The number of halogens is 1. The highest BCUT2D eigenvalue weighted by atomic mass is 79.9. The third kappa shape index (κ3) is 3.05. The van der Waals surface area contributed by atoms with Crippen molar-refractivity contribution >= 4 is 21.6 Å². The van der Waals surface area contributed by atoms with Gasteiger partial charge in [-0.2, -0.15) is 0 Å². The zero-order valence-electron chi connectivity index (χ0n) is 11.4. The molecule has 0 amide bonds. The molecule has 18 heavy (non-hydrogen) atoms. The van der Waals surface area contributed by atoms with Crippen LogP contribution >= 0.6 is 15.9 Å². The predicted octanol–water partition coefficient (Wildman–Crippen LogP) is 2.56. The molecule has 1 heterocycles. The van der Waals surface area contributed by atoms with Crippen molar-refractivity contribution in [1.82, 2.24) is 9.80 Å². The molecular weight excluding hydrogens is 290 g/mol. The Balaban J connectivity index is 2.04. The first-order valence-corrected chi connectivity index (χ1v) is 7.15. The average Bonchev–Trinajstić information content (AvgIpc) is 2.28. The van der Waals surface area contributed by atoms with E-state index in [0.29, 0.717) is 0 Å². The van der Waals surface area contributed by atoms with Gasteiger partial charge in [0, 0.05) is 41.9 Å². The molecular formula is C14H22BrN3. The van der Waals surface area contributed by atoms with Crippen molar-refractivity contribution in [3.05, 3.63) is 28.2 Å². The lowest BCUT2D eigenvalue weighted by atomic mass is 9.99. The Hall–Kier alpha value is -0.580. The quantitative estimate of drug-likeness (QED) is 0.852. The molecule has 3 nitrogen and oxygen atoms in total. The first kappa shape index (κ1) is 13.8. The minimum atomic E-state index is 0.249. The number of rotatable bonds is 2. The van der Waals surface area contributed by atoms with E-state index in [0.717, 1.165) is 36.3 Å². The van der Waals surface area contributed by atoms with Gasteiger partial charge in [0.2, 0.25) is 0 Å². The lowest BCUT2D eigenvalue weighted by molar-refractivity contribution is 0.0360. The predicted molar refractivity (Wildman–Crippen MR) is 80.5 cm³/mol. The lowest BCUT2D eigenvalue weighted by Crippen LogP contribution is -2.57. The summed E-state index contributed by atoms with van der Waals surface area (Å²) in [7, 11) is 2.20. The van der Waals surface area contributed by atoms with Gasteiger partial charge in [0.25, 0.3) is 0 Å². The Morgan fingerprint density at radius 3 is 2.67 bits per heavy atom. The summed E-state index contributed by atoms with van der Waals surface area (Å²) in [6.45, 7) is 8.92. The second-order valence-electron chi connectivity index (χ2n) is 5.80. The molecule has 2 N–H and O–H groups in total. The van der Waals surface area contributed by atoms with Crippen molar-refractivity contribution in [2.75, 3.05) is 32.4 Å². The van der Waals surface area contributed by atoms with Gasteiger partial charge in [0.1, 0.15) is 0 Å². The highest BCUT2D eigenvalue weighted by Crippen LogP contribution is 2.23. The molecule has 2 rings (SSSR count). The number of nitrogen functional groups attached to an aromatic ring is 1. The standard InChI is InChI=1S/C14H22BrN3/c1-14(2)10-18(7-6-17(14)3)9-11-4-5-12(15)13(16)8-11/h4-5,8H,6-7,9-10,16H2,1-3H3. The van der Waals surface area contributed by atoms with Crippen molar-refractivity contribution in [3.8, 4) is 0 Å². The molecule has 0 atom stereocenters. The Morgan fingerprint density at radius 2 is 2.06 bits per heavy atom. The van der Waals surface area contributed by atoms with Crippen molar-refractivity contribution in [2.24, 2.45) is 0 Å². The molecule has 0 aromatic heterocycles. The number of benzene rings is 1. The van der Waals surface area contributed by atoms with Gasteiger partial charge < -0.3 is 5.73 Å². The monoisotopic (exact) mass is 311 g/mol. The van der Waals surface area contributed by atoms with Crippen LogP contribution in [-0.2, 0) is 6.54 Å². The van der Waals surface area contributed by atoms with Crippen LogP contribution in [0.1, 0.15) is 19.4 Å². The number of likely N-dealkylation sites (N-methyl/N-ethyl adjacent to an activating group) is 1. The topological polar surface area (TPSA) is 32.5 Å². The number of nitrogens with two attached hydrogens (primary N) is 1. The minimum absolute atomic E-state index is 0.249. The number of hydrogen-bond acceptors (Lipinski definition) is 3. The molecule has 0 bridgehead atoms. The number of hydrogen-bond donors (Lipinski definition) is 1. The second-order valence-corrected chi connectivity index (χ2v) is 6.65. The molecule has 100 valence electrons. The maximum Gasteiger partial charge on any atom is 0.0461 e. The summed E-state index contributed by atoms with van der Waals surface area (Å²) in [6.07, 6.45) is 0. The maximum atomic E-state index is 5.93. The van der Waals surface area contributed by atoms with Crippen molar-refractivity contribution < 1.29 is 0 Å². The average molecular weight is 312 g/mol. The summed E-state index contributed by atoms with van der Waals surface area (Å²) in [6, 6.07) is 6.24. The van der Waals surface area contributed by atoms with E-state index in [-0.39, 0.29) is 5.54 Å². The molecule has 0 saturated carbocycles. The van der Waals surface area contributed by atoms with Crippen LogP contribution in [0.25, 0.3) is 0 Å². The molecule has 4 heteroatoms. The first-order valence-electron chi connectivity index (χ1n) is 6.36. The van der Waals surface area contributed by atoms with Gasteiger partial charge in [-0.1, -0.05) is 6.07 Å². The molecule has 0 unspecified atom stereocenters. The lowest BCUT2D eigenvalue weighted by Gasteiger charge is -2.45. The molecule has 1 aromatic rings. The van der Waals surface area contributed by atoms with Crippen LogP contribution in [0.2, 0.25) is 0 Å². The minimum Gasteiger partial charge on any atom is -0.398 e. The van der Waals surface area contributed by atoms with Crippen LogP contribution in [-0.4, -0.2) is 42.0 Å². The Morgan fingerprint density at radius 1 is 1.33 bits per heavy atom. The summed E-state index contributed by atoms with van der Waals surface area (Å²) in [4.78, 5) is 4.93. The van der Waals surface area contributed by atoms with E-state index in [4.69, 9.17) is 5.73 Å². The van der Waals surface area contributed by atoms with Gasteiger partial charge in [0.05, 0.1) is 0 Å². The summed E-state index contributed by atoms with van der Waals surface area (Å²) >= 11 is 3.44. The van der Waals surface area contributed by atoms with Crippen LogP contribution in [0.5, 0.6) is 0 Å². The van der Waals surface area contributed by atoms with E-state index in [2.05, 4.69) is 58.8 Å². The fourth-order valence-corrected chi connectivity index (χ4v) is 2.67. The van der Waals surface area contributed by atoms with E-state index in [1.807, 2.05) is 6.07 Å². The smallest absolute Gasteiger partial charge is 0.0461 e. The van der Waals surface area contributed by atoms with Crippen LogP contribution in [0.3, 0.4) is 0 Å². The molecule has 0 radical (unpaired) electrons. The third-order valence-corrected chi connectivity index (χ3v) is 4.58. The molecule has 1 aliphatic heterocycles. The zero-order valence-corrected chi connectivity index (χ0v) is 13.0. The molecule has 1 fully saturated rings. The van der Waals surface area contributed by atoms with Gasteiger partial charge in [-0.25, -0.2) is 0 Å². The van der Waals surface area contributed by atoms with Gasteiger partial charge in [0.15, 0.2) is 0 Å². The van der Waals surface area contributed by atoms with E-state index < -0.39 is 0 Å².